The van der Waals surface area contributed by atoms with E-state index in [9.17, 15) is 14.4 Å². The Kier molecular flexibility index (Phi) is 4.01. The molecule has 94 valence electrons. The van der Waals surface area contributed by atoms with E-state index in [4.69, 9.17) is 14.2 Å². The lowest BCUT2D eigenvalue weighted by molar-refractivity contribution is -0.186. The molecule has 0 aromatic heterocycles. The SMILES string of the molecule is COC[C@]1(OC(C)=O)C(=O)C=C[C@@H]1OC(C)=O. The number of rotatable bonds is 4. The van der Waals surface area contributed by atoms with Crippen molar-refractivity contribution < 1.29 is 28.6 Å². The molecule has 6 heteroatoms. The Balaban J connectivity index is 3.01. The van der Waals surface area contributed by atoms with Crippen LogP contribution in [0.4, 0.5) is 0 Å². The summed E-state index contributed by atoms with van der Waals surface area (Å²) in [5.41, 5.74) is -1.59. The number of hydrogen-bond donors (Lipinski definition) is 0. The molecule has 1 aliphatic carbocycles. The lowest BCUT2D eigenvalue weighted by Gasteiger charge is -2.31. The summed E-state index contributed by atoms with van der Waals surface area (Å²) < 4.78 is 14.8. The highest BCUT2D eigenvalue weighted by atomic mass is 16.6. The number of esters is 2. The number of ether oxygens (including phenoxy) is 3. The van der Waals surface area contributed by atoms with Gasteiger partial charge >= 0.3 is 11.9 Å². The van der Waals surface area contributed by atoms with Crippen molar-refractivity contribution in [3.63, 3.8) is 0 Å². The summed E-state index contributed by atoms with van der Waals surface area (Å²) in [7, 11) is 1.36. The Bertz CT molecular complexity index is 372. The summed E-state index contributed by atoms with van der Waals surface area (Å²) in [6, 6.07) is 0. The average Bonchev–Trinajstić information content (AvgIpc) is 2.46. The Morgan fingerprint density at radius 3 is 2.47 bits per heavy atom. The van der Waals surface area contributed by atoms with E-state index < -0.39 is 29.4 Å². The van der Waals surface area contributed by atoms with Crippen LogP contribution in [0.2, 0.25) is 0 Å². The molecule has 1 aliphatic rings. The van der Waals surface area contributed by atoms with Crippen LogP contribution in [-0.4, -0.2) is 43.1 Å². The molecule has 0 aromatic rings. The van der Waals surface area contributed by atoms with Gasteiger partial charge in [0.2, 0.25) is 11.4 Å². The molecule has 0 bridgehead atoms. The zero-order valence-corrected chi connectivity index (χ0v) is 9.89. The fraction of sp³-hybridized carbons (Fsp3) is 0.545. The summed E-state index contributed by atoms with van der Waals surface area (Å²) in [6.07, 6.45) is 1.65. The van der Waals surface area contributed by atoms with Crippen LogP contribution >= 0.6 is 0 Å². The highest BCUT2D eigenvalue weighted by Crippen LogP contribution is 2.28. The highest BCUT2D eigenvalue weighted by molar-refractivity contribution is 6.02. The van der Waals surface area contributed by atoms with Crippen LogP contribution in [0.1, 0.15) is 13.8 Å². The van der Waals surface area contributed by atoms with Gasteiger partial charge in [-0.1, -0.05) is 0 Å². The minimum Gasteiger partial charge on any atom is -0.453 e. The summed E-state index contributed by atoms with van der Waals surface area (Å²) in [6.45, 7) is 2.21. The van der Waals surface area contributed by atoms with Crippen molar-refractivity contribution in [1.82, 2.24) is 0 Å². The molecular formula is C11H14O6. The number of carbonyl (C=O) groups excluding carboxylic acids is 3. The van der Waals surface area contributed by atoms with Crippen molar-refractivity contribution in [2.75, 3.05) is 13.7 Å². The van der Waals surface area contributed by atoms with Crippen LogP contribution in [0.25, 0.3) is 0 Å². The zero-order valence-electron chi connectivity index (χ0n) is 9.89. The van der Waals surface area contributed by atoms with Gasteiger partial charge in [-0.2, -0.15) is 0 Å². The Morgan fingerprint density at radius 1 is 1.35 bits per heavy atom. The molecule has 0 spiro atoms. The standard InChI is InChI=1S/C11H14O6/c1-7(12)16-10-5-4-9(14)11(10,6-15-3)17-8(2)13/h4-5,10H,6H2,1-3H3/t10-,11-/m0/s1. The van der Waals surface area contributed by atoms with E-state index in [0.29, 0.717) is 0 Å². The van der Waals surface area contributed by atoms with Gasteiger partial charge < -0.3 is 14.2 Å². The molecule has 2 atom stereocenters. The third kappa shape index (κ3) is 2.71. The van der Waals surface area contributed by atoms with E-state index in [1.54, 1.807) is 0 Å². The third-order valence-electron chi connectivity index (χ3n) is 2.28. The summed E-state index contributed by atoms with van der Waals surface area (Å²) >= 11 is 0. The zero-order chi connectivity index (χ0) is 13.1. The summed E-state index contributed by atoms with van der Waals surface area (Å²) in [4.78, 5) is 33.8. The Morgan fingerprint density at radius 2 is 2.00 bits per heavy atom. The second kappa shape index (κ2) is 5.09. The van der Waals surface area contributed by atoms with Crippen LogP contribution in [-0.2, 0) is 28.6 Å². The smallest absolute Gasteiger partial charge is 0.303 e. The Hall–Kier alpha value is -1.69. The molecule has 0 heterocycles. The van der Waals surface area contributed by atoms with Gasteiger partial charge in [-0.25, -0.2) is 0 Å². The van der Waals surface area contributed by atoms with E-state index in [0.717, 1.165) is 0 Å². The third-order valence-corrected chi connectivity index (χ3v) is 2.28. The topological polar surface area (TPSA) is 78.9 Å². The maximum atomic E-state index is 11.8. The maximum Gasteiger partial charge on any atom is 0.303 e. The van der Waals surface area contributed by atoms with E-state index >= 15 is 0 Å². The first kappa shape index (κ1) is 13.4. The van der Waals surface area contributed by atoms with Crippen LogP contribution in [0.3, 0.4) is 0 Å². The first-order valence-electron chi connectivity index (χ1n) is 5.00. The van der Waals surface area contributed by atoms with Crippen LogP contribution < -0.4 is 0 Å². The van der Waals surface area contributed by atoms with Crippen LogP contribution in [0, 0.1) is 0 Å². The van der Waals surface area contributed by atoms with Crippen molar-refractivity contribution in [3.05, 3.63) is 12.2 Å². The molecule has 0 saturated carbocycles. The minimum absolute atomic E-state index is 0.170. The predicted octanol–water partition coefficient (Wildman–Crippen LogP) is 0.00530. The molecule has 0 saturated heterocycles. The number of hydrogen-bond acceptors (Lipinski definition) is 6. The van der Waals surface area contributed by atoms with E-state index in [-0.39, 0.29) is 6.61 Å². The lowest BCUT2D eigenvalue weighted by Crippen LogP contribution is -2.53. The number of methoxy groups -OCH3 is 1. The van der Waals surface area contributed by atoms with Gasteiger partial charge in [0.15, 0.2) is 6.10 Å². The van der Waals surface area contributed by atoms with Gasteiger partial charge in [0.25, 0.3) is 0 Å². The first-order chi connectivity index (χ1) is 7.92. The molecule has 0 fully saturated rings. The Labute approximate surface area is 98.5 Å². The minimum atomic E-state index is -1.59. The normalized spacial score (nSPS) is 27.0. The molecule has 1 rings (SSSR count). The van der Waals surface area contributed by atoms with Crippen molar-refractivity contribution in [1.29, 1.82) is 0 Å². The molecular weight excluding hydrogens is 228 g/mol. The van der Waals surface area contributed by atoms with Crippen molar-refractivity contribution >= 4 is 17.7 Å². The molecule has 6 nitrogen and oxygen atoms in total. The van der Waals surface area contributed by atoms with Gasteiger partial charge in [-0.05, 0) is 12.2 Å². The molecule has 17 heavy (non-hydrogen) atoms. The van der Waals surface area contributed by atoms with Crippen molar-refractivity contribution in [2.45, 2.75) is 25.6 Å². The highest BCUT2D eigenvalue weighted by Gasteiger charge is 2.52. The first-order valence-corrected chi connectivity index (χ1v) is 5.00. The quantitative estimate of drug-likeness (QED) is 0.646. The van der Waals surface area contributed by atoms with Gasteiger partial charge in [-0.15, -0.1) is 0 Å². The molecule has 0 N–H and O–H groups in total. The van der Waals surface area contributed by atoms with E-state index in [1.165, 1.54) is 33.1 Å². The van der Waals surface area contributed by atoms with Gasteiger partial charge in [0.1, 0.15) is 0 Å². The number of ketones is 1. The summed E-state index contributed by atoms with van der Waals surface area (Å²) in [5.74, 6) is -1.67. The van der Waals surface area contributed by atoms with Gasteiger partial charge in [0, 0.05) is 21.0 Å². The largest absolute Gasteiger partial charge is 0.453 e. The molecule has 0 radical (unpaired) electrons. The van der Waals surface area contributed by atoms with Crippen molar-refractivity contribution in [2.24, 2.45) is 0 Å². The van der Waals surface area contributed by atoms with E-state index in [1.807, 2.05) is 0 Å². The predicted molar refractivity (Wildman–Crippen MR) is 56.1 cm³/mol. The second-order valence-corrected chi connectivity index (χ2v) is 3.67. The molecule has 0 amide bonds. The number of carbonyl (C=O) groups is 3. The van der Waals surface area contributed by atoms with Crippen LogP contribution in [0.5, 0.6) is 0 Å². The molecule has 0 unspecified atom stereocenters. The fourth-order valence-electron chi connectivity index (χ4n) is 1.69. The molecule has 0 aromatic carbocycles. The van der Waals surface area contributed by atoms with Crippen LogP contribution in [0.15, 0.2) is 12.2 Å². The average molecular weight is 242 g/mol. The lowest BCUT2D eigenvalue weighted by atomic mass is 9.98. The fourth-order valence-corrected chi connectivity index (χ4v) is 1.69. The van der Waals surface area contributed by atoms with Gasteiger partial charge in [0.05, 0.1) is 6.61 Å². The molecule has 0 aliphatic heterocycles. The van der Waals surface area contributed by atoms with Crippen molar-refractivity contribution in [3.8, 4) is 0 Å². The summed E-state index contributed by atoms with van der Waals surface area (Å²) in [5, 5.41) is 0. The maximum absolute atomic E-state index is 11.8. The van der Waals surface area contributed by atoms with E-state index in [2.05, 4.69) is 0 Å². The van der Waals surface area contributed by atoms with Gasteiger partial charge in [-0.3, -0.25) is 14.4 Å². The monoisotopic (exact) mass is 242 g/mol. The second-order valence-electron chi connectivity index (χ2n) is 3.67.